The monoisotopic (exact) mass is 560 g/mol. The zero-order chi connectivity index (χ0) is 30.9. The van der Waals surface area contributed by atoms with E-state index in [0.29, 0.717) is 0 Å². The second-order valence-corrected chi connectivity index (χ2v) is 14.5. The van der Waals surface area contributed by atoms with E-state index in [4.69, 9.17) is 29.3 Å². The summed E-state index contributed by atoms with van der Waals surface area (Å²) in [6, 6.07) is 20.2. The Morgan fingerprint density at radius 3 is 0.900 bits per heavy atom. The van der Waals surface area contributed by atoms with E-state index in [9.17, 15) is 0 Å². The average Bonchev–Trinajstić information content (AvgIpc) is 2.85. The largest absolute Gasteiger partial charge is 0.230 e. The van der Waals surface area contributed by atoms with Crippen LogP contribution in [0.25, 0.3) is 0 Å². The highest BCUT2D eigenvalue weighted by Gasteiger charge is 2.31. The van der Waals surface area contributed by atoms with Crippen LogP contribution >= 0.6 is 0 Å². The molecule has 2 aromatic carbocycles. The van der Waals surface area contributed by atoms with Crippen LogP contribution in [0.5, 0.6) is 0 Å². The lowest BCUT2D eigenvalue weighted by atomic mass is 9.94. The third kappa shape index (κ3) is 15.3. The SMILES string of the molecule is CC(C)(C)OOC(C)(C)CCC(C)(C)OOC(C)(C)C.CC(C)(OOC(C)(C)c1ccccc1)c1ccccc1. The quantitative estimate of drug-likeness (QED) is 0.190. The fraction of sp³-hybridized carbons (Fsp3) is 0.647. The first-order chi connectivity index (χ1) is 18.0. The van der Waals surface area contributed by atoms with Gasteiger partial charge in [0.25, 0.3) is 0 Å². The summed E-state index contributed by atoms with van der Waals surface area (Å²) in [5, 5.41) is 0. The molecule has 0 amide bonds. The summed E-state index contributed by atoms with van der Waals surface area (Å²) in [5.74, 6) is 0. The van der Waals surface area contributed by atoms with Crippen LogP contribution in [0.4, 0.5) is 0 Å². The van der Waals surface area contributed by atoms with E-state index >= 15 is 0 Å². The summed E-state index contributed by atoms with van der Waals surface area (Å²) in [7, 11) is 0. The summed E-state index contributed by atoms with van der Waals surface area (Å²) >= 11 is 0. The molecule has 6 heteroatoms. The van der Waals surface area contributed by atoms with E-state index in [0.717, 1.165) is 24.0 Å². The molecule has 0 aliphatic rings. The van der Waals surface area contributed by atoms with Crippen molar-refractivity contribution < 1.29 is 29.3 Å². The van der Waals surface area contributed by atoms with Crippen molar-refractivity contribution in [3.05, 3.63) is 71.8 Å². The minimum Gasteiger partial charge on any atom is -0.230 e. The van der Waals surface area contributed by atoms with Crippen LogP contribution in [0.15, 0.2) is 60.7 Å². The molecule has 6 nitrogen and oxygen atoms in total. The van der Waals surface area contributed by atoms with Crippen LogP contribution in [0.1, 0.15) is 121 Å². The summed E-state index contributed by atoms with van der Waals surface area (Å²) in [5.41, 5.74) is -0.156. The van der Waals surface area contributed by atoms with Gasteiger partial charge in [0.05, 0.1) is 22.4 Å². The summed E-state index contributed by atoms with van der Waals surface area (Å²) in [6.45, 7) is 27.9. The molecule has 0 aliphatic heterocycles. The van der Waals surface area contributed by atoms with Crippen LogP contribution < -0.4 is 0 Å². The second kappa shape index (κ2) is 14.4. The van der Waals surface area contributed by atoms with E-state index in [2.05, 4.69) is 0 Å². The average molecular weight is 561 g/mol. The lowest BCUT2D eigenvalue weighted by molar-refractivity contribution is -0.410. The van der Waals surface area contributed by atoms with E-state index < -0.39 is 11.2 Å². The van der Waals surface area contributed by atoms with Gasteiger partial charge in [-0.15, -0.1) is 0 Å². The number of benzene rings is 2. The number of rotatable bonds is 12. The van der Waals surface area contributed by atoms with Gasteiger partial charge in [-0.05, 0) is 121 Å². The van der Waals surface area contributed by atoms with Crippen molar-refractivity contribution in [1.29, 1.82) is 0 Å². The Kier molecular flexibility index (Phi) is 13.0. The Balaban J connectivity index is 0.000000400. The van der Waals surface area contributed by atoms with Crippen molar-refractivity contribution in [2.75, 3.05) is 0 Å². The Morgan fingerprint density at radius 2 is 0.650 bits per heavy atom. The highest BCUT2D eigenvalue weighted by Crippen LogP contribution is 2.31. The van der Waals surface area contributed by atoms with Crippen molar-refractivity contribution in [3.8, 4) is 0 Å². The molecule has 228 valence electrons. The molecule has 0 aromatic heterocycles. The van der Waals surface area contributed by atoms with Gasteiger partial charge in [0.15, 0.2) is 0 Å². The molecule has 0 fully saturated rings. The molecule has 2 rings (SSSR count). The summed E-state index contributed by atoms with van der Waals surface area (Å²) in [6.07, 6.45) is 1.62. The predicted octanol–water partition coefficient (Wildman–Crippen LogP) is 9.62. The maximum Gasteiger partial charge on any atom is 0.123 e. The Morgan fingerprint density at radius 1 is 0.375 bits per heavy atom. The van der Waals surface area contributed by atoms with Crippen molar-refractivity contribution in [3.63, 3.8) is 0 Å². The minimum atomic E-state index is -0.493. The van der Waals surface area contributed by atoms with Gasteiger partial charge in [0, 0.05) is 0 Å². The third-order valence-corrected chi connectivity index (χ3v) is 5.76. The normalized spacial score (nSPS) is 13.6. The number of hydrogen-bond donors (Lipinski definition) is 0. The molecule has 2 aromatic rings. The summed E-state index contributed by atoms with van der Waals surface area (Å²) < 4.78 is 0. The van der Waals surface area contributed by atoms with Crippen molar-refractivity contribution in [2.45, 2.75) is 143 Å². The fourth-order valence-electron chi connectivity index (χ4n) is 3.14. The maximum atomic E-state index is 5.73. The predicted molar refractivity (Wildman–Crippen MR) is 162 cm³/mol. The Labute approximate surface area is 244 Å². The molecular weight excluding hydrogens is 504 g/mol. The lowest BCUT2D eigenvalue weighted by Crippen LogP contribution is -2.35. The highest BCUT2D eigenvalue weighted by atomic mass is 17.2. The molecule has 40 heavy (non-hydrogen) atoms. The van der Waals surface area contributed by atoms with E-state index in [1.54, 1.807) is 0 Å². The van der Waals surface area contributed by atoms with E-state index in [-0.39, 0.29) is 22.4 Å². The van der Waals surface area contributed by atoms with Gasteiger partial charge in [-0.25, -0.2) is 29.3 Å². The molecule has 0 N–H and O–H groups in total. The van der Waals surface area contributed by atoms with E-state index in [1.165, 1.54) is 0 Å². The molecule has 0 atom stereocenters. The van der Waals surface area contributed by atoms with Crippen molar-refractivity contribution in [1.82, 2.24) is 0 Å². The third-order valence-electron chi connectivity index (χ3n) is 5.76. The van der Waals surface area contributed by atoms with Gasteiger partial charge in [-0.2, -0.15) is 0 Å². The molecule has 0 saturated carbocycles. The minimum absolute atomic E-state index is 0.307. The molecule has 0 bridgehead atoms. The van der Waals surface area contributed by atoms with Crippen molar-refractivity contribution in [2.24, 2.45) is 0 Å². The van der Waals surface area contributed by atoms with Crippen LogP contribution in [0.3, 0.4) is 0 Å². The second-order valence-electron chi connectivity index (χ2n) is 14.5. The molecule has 0 heterocycles. The molecule has 0 saturated heterocycles. The van der Waals surface area contributed by atoms with Gasteiger partial charge in [0.1, 0.15) is 11.2 Å². The summed E-state index contributed by atoms with van der Waals surface area (Å²) in [4.78, 5) is 33.3. The van der Waals surface area contributed by atoms with Crippen LogP contribution in [0.2, 0.25) is 0 Å². The maximum absolute atomic E-state index is 5.73. The first kappa shape index (κ1) is 36.2. The first-order valence-corrected chi connectivity index (χ1v) is 14.3. The molecule has 0 aliphatic carbocycles. The smallest absolute Gasteiger partial charge is 0.123 e. The van der Waals surface area contributed by atoms with Gasteiger partial charge in [-0.3, -0.25) is 0 Å². The standard InChI is InChI=1S/C18H22O2.C16H34O4/c1-17(2,15-11-7-5-8-12-15)19-20-18(3,4)16-13-9-6-10-14-16;1-13(2,3)17-19-15(7,8)11-12-16(9,10)20-18-14(4,5)6/h5-14H,1-4H3;11-12H2,1-10H3. The van der Waals surface area contributed by atoms with Gasteiger partial charge in [0.2, 0.25) is 0 Å². The number of hydrogen-bond acceptors (Lipinski definition) is 6. The first-order valence-electron chi connectivity index (χ1n) is 14.3. The van der Waals surface area contributed by atoms with Gasteiger partial charge >= 0.3 is 0 Å². The molecule has 0 unspecified atom stereocenters. The van der Waals surface area contributed by atoms with Crippen LogP contribution in [-0.2, 0) is 40.5 Å². The van der Waals surface area contributed by atoms with Gasteiger partial charge < -0.3 is 0 Å². The van der Waals surface area contributed by atoms with Crippen LogP contribution in [-0.4, -0.2) is 22.4 Å². The fourth-order valence-corrected chi connectivity index (χ4v) is 3.14. The zero-order valence-corrected chi connectivity index (χ0v) is 27.6. The molecule has 0 spiro atoms. The Hall–Kier alpha value is -1.80. The zero-order valence-electron chi connectivity index (χ0n) is 27.6. The van der Waals surface area contributed by atoms with Gasteiger partial charge in [-0.1, -0.05) is 60.7 Å². The Bertz CT molecular complexity index is 885. The topological polar surface area (TPSA) is 55.4 Å². The van der Waals surface area contributed by atoms with E-state index in [1.807, 2.05) is 158 Å². The lowest BCUT2D eigenvalue weighted by Gasteiger charge is -2.33. The molecule has 0 radical (unpaired) electrons. The van der Waals surface area contributed by atoms with Crippen LogP contribution in [0, 0.1) is 0 Å². The van der Waals surface area contributed by atoms with Crippen molar-refractivity contribution >= 4 is 0 Å². The highest BCUT2D eigenvalue weighted by molar-refractivity contribution is 5.22. The molecular formula is C34H56O6.